The van der Waals surface area contributed by atoms with Crippen molar-refractivity contribution in [3.05, 3.63) is 70.2 Å². The Kier molecular flexibility index (Phi) is 7.71. The van der Waals surface area contributed by atoms with Crippen LogP contribution < -0.4 is 19.1 Å². The van der Waals surface area contributed by atoms with E-state index in [0.29, 0.717) is 18.1 Å². The number of thioether (sulfide) groups is 1. The second-order valence-electron chi connectivity index (χ2n) is 8.83. The van der Waals surface area contributed by atoms with Gasteiger partial charge in [0, 0.05) is 29.2 Å². The molecule has 0 aliphatic carbocycles. The van der Waals surface area contributed by atoms with E-state index in [1.54, 1.807) is 36.0 Å². The molecular weight excluding hydrogens is 569 g/mol. The molecule has 2 aliphatic heterocycles. The van der Waals surface area contributed by atoms with Crippen LogP contribution in [-0.2, 0) is 26.7 Å². The Hall–Kier alpha value is -2.62. The third kappa shape index (κ3) is 6.33. The average Bonchev–Trinajstić information content (AvgIpc) is 3.56. The van der Waals surface area contributed by atoms with Crippen LogP contribution in [0.4, 0.5) is 11.4 Å². The standard InChI is InChI=1S/C24H26N4O6S4/c1-28-10-11-34-22-14-18(8-9-21(22)28)37(29,30)27-19(20-15-36-24(25-20)23-3-2-12-35-23)13-16-4-6-17(7-5-16)26-38(31,32)33/h3-9,14-15,19,26-27H,2,10-13H2,1H3,(H,31,32,33)/t19-/m0/s1. The summed E-state index contributed by atoms with van der Waals surface area (Å²) in [5.41, 5.74) is 2.36. The lowest BCUT2D eigenvalue weighted by Crippen LogP contribution is -2.31. The maximum atomic E-state index is 13.5. The molecule has 202 valence electrons. The van der Waals surface area contributed by atoms with Crippen LogP contribution in [0.1, 0.15) is 28.7 Å². The minimum absolute atomic E-state index is 0.0914. The fourth-order valence-electron chi connectivity index (χ4n) is 4.19. The van der Waals surface area contributed by atoms with E-state index in [-0.39, 0.29) is 17.0 Å². The predicted octanol–water partition coefficient (Wildman–Crippen LogP) is 3.93. The number of thiazole rings is 1. The van der Waals surface area contributed by atoms with Crippen LogP contribution in [0.15, 0.2) is 58.8 Å². The lowest BCUT2D eigenvalue weighted by Gasteiger charge is -2.28. The number of nitrogens with one attached hydrogen (secondary N) is 2. The van der Waals surface area contributed by atoms with Gasteiger partial charge in [0.05, 0.1) is 34.6 Å². The van der Waals surface area contributed by atoms with Crippen LogP contribution in [0.25, 0.3) is 4.91 Å². The molecule has 0 bridgehead atoms. The molecule has 3 aromatic rings. The Balaban J connectivity index is 1.43. The van der Waals surface area contributed by atoms with Crippen LogP contribution in [0, 0.1) is 0 Å². The molecule has 0 amide bonds. The van der Waals surface area contributed by atoms with Gasteiger partial charge in [0.15, 0.2) is 0 Å². The topological polar surface area (TPSA) is 138 Å². The first-order chi connectivity index (χ1) is 18.1. The van der Waals surface area contributed by atoms with E-state index in [2.05, 4.69) is 10.8 Å². The highest BCUT2D eigenvalue weighted by molar-refractivity contribution is 8.08. The molecule has 10 nitrogen and oxygen atoms in total. The first-order valence-electron chi connectivity index (χ1n) is 11.7. The highest BCUT2D eigenvalue weighted by Gasteiger charge is 2.27. The van der Waals surface area contributed by atoms with E-state index >= 15 is 0 Å². The molecule has 1 aromatic heterocycles. The van der Waals surface area contributed by atoms with E-state index in [1.807, 2.05) is 22.0 Å². The summed E-state index contributed by atoms with van der Waals surface area (Å²) in [5, 5.41) is 2.71. The number of rotatable bonds is 9. The first-order valence-corrected chi connectivity index (χ1v) is 16.5. The number of ether oxygens (including phenoxy) is 1. The van der Waals surface area contributed by atoms with E-state index in [0.717, 1.165) is 39.9 Å². The number of hydrogen-bond acceptors (Lipinski definition) is 9. The number of aromatic nitrogens is 1. The van der Waals surface area contributed by atoms with Crippen molar-refractivity contribution < 1.29 is 26.1 Å². The molecule has 5 rings (SSSR count). The summed E-state index contributed by atoms with van der Waals surface area (Å²) in [6.45, 7) is 1.19. The van der Waals surface area contributed by atoms with Gasteiger partial charge in [-0.05, 0) is 42.7 Å². The summed E-state index contributed by atoms with van der Waals surface area (Å²) >= 11 is 3.20. The highest BCUT2D eigenvalue weighted by atomic mass is 32.2. The number of benzene rings is 2. The van der Waals surface area contributed by atoms with Gasteiger partial charge >= 0.3 is 10.3 Å². The molecule has 0 fully saturated rings. The first kappa shape index (κ1) is 27.0. The lowest BCUT2D eigenvalue weighted by atomic mass is 10.0. The number of likely N-dealkylation sites (N-methyl/N-ethyl adjacent to an activating group) is 1. The van der Waals surface area contributed by atoms with Gasteiger partial charge in [-0.25, -0.2) is 18.1 Å². The second-order valence-corrected chi connectivity index (χ2v) is 13.7. The summed E-state index contributed by atoms with van der Waals surface area (Å²) in [7, 11) is -6.42. The maximum absolute atomic E-state index is 13.5. The largest absolute Gasteiger partial charge is 0.490 e. The zero-order chi connectivity index (χ0) is 26.9. The van der Waals surface area contributed by atoms with Gasteiger partial charge in [-0.3, -0.25) is 9.27 Å². The number of fused-ring (bicyclic) bond motifs is 1. The summed E-state index contributed by atoms with van der Waals surface area (Å²) < 4.78 is 68.8. The number of anilines is 2. The third-order valence-corrected chi connectivity index (χ3v) is 10.2. The highest BCUT2D eigenvalue weighted by Crippen LogP contribution is 2.37. The number of nitrogens with zero attached hydrogens (tertiary/aromatic N) is 2. The SMILES string of the molecule is CN1CCOc2cc(S(=O)(=O)N[C@@H](Cc3ccc(NS(=O)(=O)O)cc3)c3csc(C4=CCCS4)n3)ccc21. The smallest absolute Gasteiger partial charge is 0.357 e. The Labute approximate surface area is 230 Å². The number of allylic oxidation sites excluding steroid dienone is 1. The molecule has 38 heavy (non-hydrogen) atoms. The molecule has 2 aromatic carbocycles. The van der Waals surface area contributed by atoms with Gasteiger partial charge in [-0.15, -0.1) is 23.1 Å². The molecular formula is C24H26N4O6S4. The van der Waals surface area contributed by atoms with Gasteiger partial charge in [0.2, 0.25) is 10.0 Å². The summed E-state index contributed by atoms with van der Waals surface area (Å²) in [5.74, 6) is 1.51. The van der Waals surface area contributed by atoms with Crippen molar-refractivity contribution in [2.45, 2.75) is 23.8 Å². The van der Waals surface area contributed by atoms with E-state index in [9.17, 15) is 16.8 Å². The van der Waals surface area contributed by atoms with Gasteiger partial charge in [-0.2, -0.15) is 8.42 Å². The Bertz CT molecular complexity index is 1570. The molecule has 3 N–H and O–H groups in total. The van der Waals surface area contributed by atoms with Crippen molar-refractivity contribution in [3.8, 4) is 5.75 Å². The van der Waals surface area contributed by atoms with Gasteiger partial charge in [0.1, 0.15) is 17.4 Å². The van der Waals surface area contributed by atoms with Gasteiger partial charge in [-0.1, -0.05) is 18.2 Å². The minimum Gasteiger partial charge on any atom is -0.490 e. The normalized spacial score (nSPS) is 16.5. The average molecular weight is 595 g/mol. The maximum Gasteiger partial charge on any atom is 0.357 e. The van der Waals surface area contributed by atoms with E-state index in [4.69, 9.17) is 14.3 Å². The molecule has 3 heterocycles. The lowest BCUT2D eigenvalue weighted by molar-refractivity contribution is 0.310. The third-order valence-electron chi connectivity index (χ3n) is 6.07. The molecule has 0 saturated heterocycles. The van der Waals surface area contributed by atoms with Crippen LogP contribution in [0.3, 0.4) is 0 Å². The van der Waals surface area contributed by atoms with Crippen molar-refractivity contribution in [3.63, 3.8) is 0 Å². The van der Waals surface area contributed by atoms with Crippen molar-refractivity contribution in [2.24, 2.45) is 0 Å². The zero-order valence-electron chi connectivity index (χ0n) is 20.3. The monoisotopic (exact) mass is 594 g/mol. The minimum atomic E-state index is -4.40. The summed E-state index contributed by atoms with van der Waals surface area (Å²) in [6.07, 6.45) is 3.38. The second kappa shape index (κ2) is 10.9. The zero-order valence-corrected chi connectivity index (χ0v) is 23.6. The van der Waals surface area contributed by atoms with Crippen LogP contribution in [0.2, 0.25) is 0 Å². The summed E-state index contributed by atoms with van der Waals surface area (Å²) in [6, 6.07) is 10.5. The van der Waals surface area contributed by atoms with E-state index in [1.165, 1.54) is 29.5 Å². The van der Waals surface area contributed by atoms with Gasteiger partial charge in [0.25, 0.3) is 0 Å². The van der Waals surface area contributed by atoms with Crippen molar-refractivity contribution in [1.29, 1.82) is 0 Å². The van der Waals surface area contributed by atoms with Crippen molar-refractivity contribution in [1.82, 2.24) is 9.71 Å². The van der Waals surface area contributed by atoms with Crippen LogP contribution in [0.5, 0.6) is 5.75 Å². The quantitative estimate of drug-likeness (QED) is 0.315. The number of hydrogen-bond donors (Lipinski definition) is 3. The van der Waals surface area contributed by atoms with Crippen LogP contribution in [-0.4, -0.2) is 52.3 Å². The van der Waals surface area contributed by atoms with Crippen molar-refractivity contribution >= 4 is 59.7 Å². The fraction of sp³-hybridized carbons (Fsp3) is 0.292. The molecule has 1 atom stereocenters. The Morgan fingerprint density at radius 1 is 1.16 bits per heavy atom. The van der Waals surface area contributed by atoms with Crippen LogP contribution >= 0.6 is 23.1 Å². The molecule has 2 aliphatic rings. The fourth-order valence-corrected chi connectivity index (χ4v) is 7.83. The molecule has 0 radical (unpaired) electrons. The Morgan fingerprint density at radius 2 is 1.95 bits per heavy atom. The predicted molar refractivity (Wildman–Crippen MR) is 151 cm³/mol. The van der Waals surface area contributed by atoms with E-state index < -0.39 is 26.4 Å². The molecule has 0 spiro atoms. The molecule has 0 saturated carbocycles. The van der Waals surface area contributed by atoms with Gasteiger partial charge < -0.3 is 9.64 Å². The van der Waals surface area contributed by atoms with Crippen molar-refractivity contribution in [2.75, 3.05) is 35.6 Å². The molecule has 0 unspecified atom stereocenters. The number of sulfonamides is 1. The molecule has 14 heteroatoms. The Morgan fingerprint density at radius 3 is 2.66 bits per heavy atom. The summed E-state index contributed by atoms with van der Waals surface area (Å²) in [4.78, 5) is 7.96.